The second-order valence-corrected chi connectivity index (χ2v) is 6.25. The summed E-state index contributed by atoms with van der Waals surface area (Å²) in [7, 11) is -0.248. The zero-order valence-electron chi connectivity index (χ0n) is 13.4. The summed E-state index contributed by atoms with van der Waals surface area (Å²) < 4.78 is 12.0. The van der Waals surface area contributed by atoms with Gasteiger partial charge >= 0.3 is 7.12 Å². The van der Waals surface area contributed by atoms with E-state index < -0.39 is 0 Å². The van der Waals surface area contributed by atoms with Crippen LogP contribution in [0.5, 0.6) is 0 Å². The van der Waals surface area contributed by atoms with Gasteiger partial charge in [0.05, 0.1) is 0 Å². The van der Waals surface area contributed by atoms with E-state index in [2.05, 4.69) is 39.0 Å². The average Bonchev–Trinajstić information content (AvgIpc) is 2.46. The Balaban J connectivity index is 2.20. The lowest BCUT2D eigenvalue weighted by Crippen LogP contribution is -2.44. The van der Waals surface area contributed by atoms with E-state index in [1.54, 1.807) is 0 Å². The molecule has 0 saturated heterocycles. The van der Waals surface area contributed by atoms with Gasteiger partial charge in [0.15, 0.2) is 0 Å². The summed E-state index contributed by atoms with van der Waals surface area (Å²) in [6, 6.07) is 6.73. The van der Waals surface area contributed by atoms with Gasteiger partial charge in [0.1, 0.15) is 0 Å². The Kier molecular flexibility index (Phi) is 5.28. The lowest BCUT2D eigenvalue weighted by atomic mass is 9.75. The summed E-state index contributed by atoms with van der Waals surface area (Å²) in [5.74, 6) is 0. The summed E-state index contributed by atoms with van der Waals surface area (Å²) in [6.45, 7) is 9.08. The van der Waals surface area contributed by atoms with Crippen LogP contribution >= 0.6 is 0 Å². The molecule has 1 aliphatic carbocycles. The molecule has 110 valence electrons. The quantitative estimate of drug-likeness (QED) is 0.739. The molecular weight excluding hydrogens is 247 g/mol. The summed E-state index contributed by atoms with van der Waals surface area (Å²) in [5.41, 5.74) is 3.99. The topological polar surface area (TPSA) is 18.5 Å². The Bertz CT molecular complexity index is 443. The average molecular weight is 274 g/mol. The fraction of sp³-hybridized carbons (Fsp3) is 0.647. The second kappa shape index (κ2) is 6.77. The molecule has 1 aromatic rings. The third-order valence-electron chi connectivity index (χ3n) is 4.24. The molecule has 0 aromatic heterocycles. The highest BCUT2D eigenvalue weighted by Crippen LogP contribution is 2.21. The van der Waals surface area contributed by atoms with Gasteiger partial charge in [-0.25, -0.2) is 0 Å². The van der Waals surface area contributed by atoms with E-state index in [0.717, 1.165) is 11.9 Å². The molecule has 0 aliphatic heterocycles. The zero-order chi connectivity index (χ0) is 14.6. The molecule has 0 fully saturated rings. The van der Waals surface area contributed by atoms with Crippen LogP contribution in [0.2, 0.25) is 0 Å². The third-order valence-corrected chi connectivity index (χ3v) is 4.24. The lowest BCUT2D eigenvalue weighted by Gasteiger charge is -2.28. The van der Waals surface area contributed by atoms with Crippen molar-refractivity contribution >= 4 is 12.6 Å². The van der Waals surface area contributed by atoms with Crippen molar-refractivity contribution in [2.45, 2.75) is 65.4 Å². The first-order valence-corrected chi connectivity index (χ1v) is 7.97. The Morgan fingerprint density at radius 2 is 1.80 bits per heavy atom. The van der Waals surface area contributed by atoms with Gasteiger partial charge in [0.25, 0.3) is 0 Å². The van der Waals surface area contributed by atoms with E-state index in [9.17, 15) is 0 Å². The fourth-order valence-corrected chi connectivity index (χ4v) is 2.62. The molecule has 0 bridgehead atoms. The van der Waals surface area contributed by atoms with Crippen molar-refractivity contribution in [3.8, 4) is 0 Å². The van der Waals surface area contributed by atoms with Crippen LogP contribution in [0.25, 0.3) is 0 Å². The van der Waals surface area contributed by atoms with Gasteiger partial charge in [-0.2, -0.15) is 0 Å². The smallest absolute Gasteiger partial charge is 0.408 e. The second-order valence-electron chi connectivity index (χ2n) is 6.25. The molecule has 2 rings (SSSR count). The van der Waals surface area contributed by atoms with E-state index in [1.807, 2.05) is 6.92 Å². The van der Waals surface area contributed by atoms with Gasteiger partial charge in [-0.05, 0) is 69.5 Å². The molecular formula is C17H27BO2. The van der Waals surface area contributed by atoms with Crippen LogP contribution in [-0.2, 0) is 22.2 Å². The third kappa shape index (κ3) is 3.86. The molecule has 0 amide bonds. The van der Waals surface area contributed by atoms with Crippen molar-refractivity contribution in [1.82, 2.24) is 0 Å². The SMILES string of the molecule is CCOB(OC(C)(C)CC)c1ccc2c(c1)CCCC2. The van der Waals surface area contributed by atoms with E-state index in [0.29, 0.717) is 6.61 Å². The van der Waals surface area contributed by atoms with E-state index in [4.69, 9.17) is 9.31 Å². The van der Waals surface area contributed by atoms with Gasteiger partial charge in [0.2, 0.25) is 0 Å². The fourth-order valence-electron chi connectivity index (χ4n) is 2.62. The minimum absolute atomic E-state index is 0.157. The molecule has 20 heavy (non-hydrogen) atoms. The number of fused-ring (bicyclic) bond motifs is 1. The molecule has 2 nitrogen and oxygen atoms in total. The number of hydrogen-bond donors (Lipinski definition) is 0. The number of benzene rings is 1. The first-order chi connectivity index (χ1) is 9.55. The van der Waals surface area contributed by atoms with Crippen LogP contribution in [0.3, 0.4) is 0 Å². The summed E-state index contributed by atoms with van der Waals surface area (Å²) in [6.07, 6.45) is 6.01. The first-order valence-electron chi connectivity index (χ1n) is 7.97. The van der Waals surface area contributed by atoms with Crippen LogP contribution in [0.4, 0.5) is 0 Å². The summed E-state index contributed by atoms with van der Waals surface area (Å²) in [5, 5.41) is 0. The molecule has 0 radical (unpaired) electrons. The van der Waals surface area contributed by atoms with Gasteiger partial charge in [-0.1, -0.05) is 25.1 Å². The van der Waals surface area contributed by atoms with Gasteiger partial charge in [-0.15, -0.1) is 0 Å². The molecule has 1 aliphatic rings. The monoisotopic (exact) mass is 274 g/mol. The molecule has 1 aromatic carbocycles. The standard InChI is InChI=1S/C17H27BO2/c1-5-17(3,4)20-18(19-6-2)16-12-11-14-9-7-8-10-15(14)13-16/h11-13H,5-10H2,1-4H3. The predicted octanol–water partition coefficient (Wildman–Crippen LogP) is 3.50. The van der Waals surface area contributed by atoms with Crippen LogP contribution in [-0.4, -0.2) is 19.3 Å². The highest BCUT2D eigenvalue weighted by atomic mass is 16.6. The normalized spacial score (nSPS) is 15.0. The molecule has 0 saturated carbocycles. The van der Waals surface area contributed by atoms with Crippen molar-refractivity contribution in [2.75, 3.05) is 6.61 Å². The molecule has 0 unspecified atom stereocenters. The molecule has 0 heterocycles. The number of aryl methyl sites for hydroxylation is 2. The van der Waals surface area contributed by atoms with E-state index in [1.165, 1.54) is 36.8 Å². The van der Waals surface area contributed by atoms with Crippen molar-refractivity contribution in [3.05, 3.63) is 29.3 Å². The van der Waals surface area contributed by atoms with Crippen LogP contribution in [0.15, 0.2) is 18.2 Å². The van der Waals surface area contributed by atoms with Gasteiger partial charge < -0.3 is 9.31 Å². The lowest BCUT2D eigenvalue weighted by molar-refractivity contribution is 0.0706. The summed E-state index contributed by atoms with van der Waals surface area (Å²) >= 11 is 0. The zero-order valence-corrected chi connectivity index (χ0v) is 13.4. The first kappa shape index (κ1) is 15.6. The van der Waals surface area contributed by atoms with Crippen LogP contribution in [0, 0.1) is 0 Å². The van der Waals surface area contributed by atoms with E-state index in [-0.39, 0.29) is 12.7 Å². The number of hydrogen-bond acceptors (Lipinski definition) is 2. The predicted molar refractivity (Wildman–Crippen MR) is 85.6 cm³/mol. The van der Waals surface area contributed by atoms with Crippen molar-refractivity contribution in [3.63, 3.8) is 0 Å². The molecule has 3 heteroatoms. The van der Waals surface area contributed by atoms with Crippen molar-refractivity contribution in [1.29, 1.82) is 0 Å². The van der Waals surface area contributed by atoms with Crippen LogP contribution < -0.4 is 5.46 Å². The Morgan fingerprint density at radius 3 is 2.45 bits per heavy atom. The maximum absolute atomic E-state index is 6.18. The van der Waals surface area contributed by atoms with Crippen LogP contribution in [0.1, 0.15) is 58.1 Å². The number of rotatable bonds is 6. The Hall–Kier alpha value is -0.795. The highest BCUT2D eigenvalue weighted by Gasteiger charge is 2.29. The minimum Gasteiger partial charge on any atom is -0.408 e. The minimum atomic E-state index is -0.248. The van der Waals surface area contributed by atoms with E-state index >= 15 is 0 Å². The maximum atomic E-state index is 6.18. The highest BCUT2D eigenvalue weighted by molar-refractivity contribution is 6.61. The Morgan fingerprint density at radius 1 is 1.10 bits per heavy atom. The molecule has 0 N–H and O–H groups in total. The van der Waals surface area contributed by atoms with Gasteiger partial charge in [0, 0.05) is 12.2 Å². The van der Waals surface area contributed by atoms with Crippen molar-refractivity contribution < 1.29 is 9.31 Å². The van der Waals surface area contributed by atoms with Gasteiger partial charge in [-0.3, -0.25) is 0 Å². The molecule has 0 atom stereocenters. The Labute approximate surface area is 124 Å². The summed E-state index contributed by atoms with van der Waals surface area (Å²) in [4.78, 5) is 0. The van der Waals surface area contributed by atoms with Crippen molar-refractivity contribution in [2.24, 2.45) is 0 Å². The molecule has 0 spiro atoms. The largest absolute Gasteiger partial charge is 0.494 e. The maximum Gasteiger partial charge on any atom is 0.494 e.